The van der Waals surface area contributed by atoms with Crippen molar-refractivity contribution in [3.63, 3.8) is 0 Å². The fraction of sp³-hybridized carbons (Fsp3) is 0.400. The smallest absolute Gasteiger partial charge is 0.264 e. The van der Waals surface area contributed by atoms with Crippen molar-refractivity contribution in [3.05, 3.63) is 29.8 Å². The standard InChI is InChI=1S/C7H9N.C3H8O3S/c1-6-4-2-3-5-7(6)8;1-2-3-7(4,5)6/h2-5H,8H2,1H3;2-3H2,1H3,(H,4,5,6). The monoisotopic (exact) mass is 231 g/mol. The van der Waals surface area contributed by atoms with Gasteiger partial charge in [0.2, 0.25) is 0 Å². The number of anilines is 1. The molecule has 0 heterocycles. The Kier molecular flexibility index (Phi) is 5.96. The number of hydrogen-bond acceptors (Lipinski definition) is 3. The number of nitrogen functional groups attached to an aromatic ring is 1. The maximum Gasteiger partial charge on any atom is 0.264 e. The minimum atomic E-state index is -3.67. The number of aryl methyl sites for hydroxylation is 1. The van der Waals surface area contributed by atoms with E-state index in [-0.39, 0.29) is 5.75 Å². The summed E-state index contributed by atoms with van der Waals surface area (Å²) in [6.07, 6.45) is 0.471. The molecule has 0 aliphatic carbocycles. The maximum atomic E-state index is 9.79. The average Bonchev–Trinajstić information content (AvgIpc) is 2.09. The molecule has 3 N–H and O–H groups in total. The van der Waals surface area contributed by atoms with Gasteiger partial charge in [-0.05, 0) is 25.0 Å². The molecule has 0 fully saturated rings. The van der Waals surface area contributed by atoms with Crippen molar-refractivity contribution in [1.82, 2.24) is 0 Å². The van der Waals surface area contributed by atoms with Gasteiger partial charge in [-0.25, -0.2) is 0 Å². The summed E-state index contributed by atoms with van der Waals surface area (Å²) in [6, 6.07) is 7.80. The van der Waals surface area contributed by atoms with Gasteiger partial charge in [-0.3, -0.25) is 4.55 Å². The van der Waals surface area contributed by atoms with Crippen molar-refractivity contribution >= 4 is 15.8 Å². The van der Waals surface area contributed by atoms with Crippen LogP contribution in [0.25, 0.3) is 0 Å². The van der Waals surface area contributed by atoms with Gasteiger partial charge in [0, 0.05) is 5.69 Å². The van der Waals surface area contributed by atoms with Crippen molar-refractivity contribution < 1.29 is 13.0 Å². The van der Waals surface area contributed by atoms with Crippen LogP contribution in [0.5, 0.6) is 0 Å². The van der Waals surface area contributed by atoms with E-state index in [0.29, 0.717) is 6.42 Å². The molecular weight excluding hydrogens is 214 g/mol. The second kappa shape index (κ2) is 6.42. The molecule has 0 bridgehead atoms. The molecule has 1 rings (SSSR count). The first-order chi connectivity index (χ1) is 6.87. The zero-order valence-electron chi connectivity index (χ0n) is 8.97. The van der Waals surface area contributed by atoms with E-state index in [1.165, 1.54) is 0 Å². The van der Waals surface area contributed by atoms with Crippen LogP contribution < -0.4 is 5.73 Å². The van der Waals surface area contributed by atoms with E-state index in [0.717, 1.165) is 11.3 Å². The van der Waals surface area contributed by atoms with Crippen molar-refractivity contribution in [3.8, 4) is 0 Å². The molecule has 4 nitrogen and oxygen atoms in total. The Hall–Kier alpha value is -1.07. The van der Waals surface area contributed by atoms with Crippen LogP contribution in [-0.2, 0) is 10.1 Å². The molecule has 5 heteroatoms. The van der Waals surface area contributed by atoms with E-state index in [1.807, 2.05) is 31.2 Å². The van der Waals surface area contributed by atoms with E-state index in [1.54, 1.807) is 6.92 Å². The van der Waals surface area contributed by atoms with Crippen molar-refractivity contribution in [2.75, 3.05) is 11.5 Å². The van der Waals surface area contributed by atoms with Gasteiger partial charge >= 0.3 is 0 Å². The van der Waals surface area contributed by atoms with Gasteiger partial charge in [-0.15, -0.1) is 0 Å². The minimum Gasteiger partial charge on any atom is -0.399 e. The highest BCUT2D eigenvalue weighted by atomic mass is 32.2. The lowest BCUT2D eigenvalue weighted by atomic mass is 10.2. The summed E-state index contributed by atoms with van der Waals surface area (Å²) >= 11 is 0. The third kappa shape index (κ3) is 7.96. The van der Waals surface area contributed by atoms with Crippen LogP contribution in [0.15, 0.2) is 24.3 Å². The van der Waals surface area contributed by atoms with E-state index in [9.17, 15) is 8.42 Å². The predicted molar refractivity (Wildman–Crippen MR) is 62.3 cm³/mol. The molecule has 1 aromatic carbocycles. The number of hydrogen-bond donors (Lipinski definition) is 2. The molecule has 0 unspecified atom stereocenters. The zero-order chi connectivity index (χ0) is 11.9. The summed E-state index contributed by atoms with van der Waals surface area (Å²) in [5, 5.41) is 0. The molecule has 0 atom stereocenters. The van der Waals surface area contributed by atoms with Gasteiger partial charge in [-0.2, -0.15) is 8.42 Å². The van der Waals surface area contributed by atoms with Gasteiger partial charge < -0.3 is 5.73 Å². The van der Waals surface area contributed by atoms with Crippen molar-refractivity contribution in [1.29, 1.82) is 0 Å². The molecule has 0 aliphatic rings. The fourth-order valence-electron chi connectivity index (χ4n) is 0.845. The highest BCUT2D eigenvalue weighted by Gasteiger charge is 1.98. The molecule has 0 radical (unpaired) electrons. The maximum absolute atomic E-state index is 9.79. The van der Waals surface area contributed by atoms with Gasteiger partial charge in [0.15, 0.2) is 0 Å². The first kappa shape index (κ1) is 13.9. The first-order valence-electron chi connectivity index (χ1n) is 4.63. The van der Waals surface area contributed by atoms with E-state index in [4.69, 9.17) is 10.3 Å². The molecule has 86 valence electrons. The van der Waals surface area contributed by atoms with Gasteiger partial charge in [-0.1, -0.05) is 25.1 Å². The Morgan fingerprint density at radius 2 is 1.87 bits per heavy atom. The SMILES string of the molecule is CCCS(=O)(=O)O.Cc1ccccc1N. The average molecular weight is 231 g/mol. The summed E-state index contributed by atoms with van der Waals surface area (Å²) in [5.41, 5.74) is 7.53. The zero-order valence-corrected chi connectivity index (χ0v) is 9.79. The Bertz CT molecular complexity index is 366. The summed E-state index contributed by atoms with van der Waals surface area (Å²) in [7, 11) is -3.67. The molecule has 0 aliphatic heterocycles. The number of rotatable bonds is 2. The van der Waals surface area contributed by atoms with Crippen LogP contribution >= 0.6 is 0 Å². The third-order valence-corrected chi connectivity index (χ3v) is 2.57. The number of nitrogens with two attached hydrogens (primary N) is 1. The summed E-state index contributed by atoms with van der Waals surface area (Å²) in [6.45, 7) is 3.68. The second-order valence-electron chi connectivity index (χ2n) is 3.14. The Morgan fingerprint density at radius 1 is 1.33 bits per heavy atom. The molecule has 0 saturated carbocycles. The second-order valence-corrected chi connectivity index (χ2v) is 4.71. The topological polar surface area (TPSA) is 80.4 Å². The fourth-order valence-corrected chi connectivity index (χ4v) is 1.36. The molecule has 0 aromatic heterocycles. The molecule has 0 saturated heterocycles. The lowest BCUT2D eigenvalue weighted by Crippen LogP contribution is -2.01. The van der Waals surface area contributed by atoms with Gasteiger partial charge in [0.1, 0.15) is 0 Å². The lowest BCUT2D eigenvalue weighted by Gasteiger charge is -1.93. The largest absolute Gasteiger partial charge is 0.399 e. The molecular formula is C10H17NO3S. The van der Waals surface area contributed by atoms with Gasteiger partial charge in [0.25, 0.3) is 10.1 Å². The first-order valence-corrected chi connectivity index (χ1v) is 6.24. The van der Waals surface area contributed by atoms with Gasteiger partial charge in [0.05, 0.1) is 5.75 Å². The van der Waals surface area contributed by atoms with Crippen LogP contribution in [0.3, 0.4) is 0 Å². The number of para-hydroxylation sites is 1. The summed E-state index contributed by atoms with van der Waals surface area (Å²) in [4.78, 5) is 0. The minimum absolute atomic E-state index is 0.132. The summed E-state index contributed by atoms with van der Waals surface area (Å²) in [5.74, 6) is -0.132. The van der Waals surface area contributed by atoms with Crippen molar-refractivity contribution in [2.45, 2.75) is 20.3 Å². The summed E-state index contributed by atoms with van der Waals surface area (Å²) < 4.78 is 27.6. The van der Waals surface area contributed by atoms with Crippen LogP contribution in [0.1, 0.15) is 18.9 Å². The molecule has 0 amide bonds. The van der Waals surface area contributed by atoms with Crippen LogP contribution in [0.2, 0.25) is 0 Å². The van der Waals surface area contributed by atoms with Crippen LogP contribution in [0.4, 0.5) is 5.69 Å². The number of benzene rings is 1. The Balaban J connectivity index is 0.000000265. The molecule has 1 aromatic rings. The highest BCUT2D eigenvalue weighted by Crippen LogP contribution is 2.06. The van der Waals surface area contributed by atoms with E-state index in [2.05, 4.69) is 0 Å². The lowest BCUT2D eigenvalue weighted by molar-refractivity contribution is 0.482. The highest BCUT2D eigenvalue weighted by molar-refractivity contribution is 7.85. The predicted octanol–water partition coefficient (Wildman–Crippen LogP) is 1.86. The van der Waals surface area contributed by atoms with Crippen molar-refractivity contribution in [2.24, 2.45) is 0 Å². The third-order valence-electron chi connectivity index (χ3n) is 1.65. The van der Waals surface area contributed by atoms with E-state index < -0.39 is 10.1 Å². The molecule has 0 spiro atoms. The Morgan fingerprint density at radius 3 is 2.07 bits per heavy atom. The van der Waals surface area contributed by atoms with E-state index >= 15 is 0 Å². The normalized spacial score (nSPS) is 10.3. The molecule has 15 heavy (non-hydrogen) atoms. The Labute approximate surface area is 90.9 Å². The van der Waals surface area contributed by atoms with Crippen LogP contribution in [0, 0.1) is 6.92 Å². The quantitative estimate of drug-likeness (QED) is 0.601. The van der Waals surface area contributed by atoms with Crippen LogP contribution in [-0.4, -0.2) is 18.7 Å².